The van der Waals surface area contributed by atoms with E-state index in [2.05, 4.69) is 9.97 Å². The predicted molar refractivity (Wildman–Crippen MR) is 58.8 cm³/mol. The minimum atomic E-state index is -1.01. The Morgan fingerprint density at radius 2 is 2.24 bits per heavy atom. The number of carbonyl (C=O) groups is 1. The van der Waals surface area contributed by atoms with Gasteiger partial charge in [0.05, 0.1) is 12.1 Å². The van der Waals surface area contributed by atoms with Crippen molar-refractivity contribution in [3.8, 4) is 11.3 Å². The van der Waals surface area contributed by atoms with E-state index >= 15 is 0 Å². The van der Waals surface area contributed by atoms with E-state index in [1.807, 2.05) is 0 Å². The van der Waals surface area contributed by atoms with Crippen LogP contribution >= 0.6 is 0 Å². The minimum Gasteiger partial charge on any atom is -0.481 e. The molecular weight excluding hydrogens is 223 g/mol. The van der Waals surface area contributed by atoms with Crippen LogP contribution in [0.4, 0.5) is 4.39 Å². The zero-order chi connectivity index (χ0) is 12.3. The second kappa shape index (κ2) is 4.69. The molecule has 0 aliphatic carbocycles. The third kappa shape index (κ3) is 2.84. The number of nitrogens with zero attached hydrogens (tertiary/aromatic N) is 2. The number of carboxylic acids is 1. The van der Waals surface area contributed by atoms with Gasteiger partial charge in [-0.2, -0.15) is 4.39 Å². The first-order valence-corrected chi connectivity index (χ1v) is 4.94. The summed E-state index contributed by atoms with van der Waals surface area (Å²) < 4.78 is 13.2. The molecule has 0 spiro atoms. The van der Waals surface area contributed by atoms with Crippen LogP contribution in [0.15, 0.2) is 36.7 Å². The highest BCUT2D eigenvalue weighted by molar-refractivity contribution is 5.71. The lowest BCUT2D eigenvalue weighted by atomic mass is 10.1. The monoisotopic (exact) mass is 232 g/mol. The normalized spacial score (nSPS) is 10.2. The van der Waals surface area contributed by atoms with E-state index in [1.54, 1.807) is 30.6 Å². The van der Waals surface area contributed by atoms with Gasteiger partial charge in [-0.3, -0.25) is 9.78 Å². The number of rotatable bonds is 3. The number of hydrogen-bond donors (Lipinski definition) is 1. The maximum absolute atomic E-state index is 13.2. The standard InChI is InChI=1S/C12H9FN2O2/c13-11-5-8(6-12(16)17)4-10(15-11)9-2-1-3-14-7-9/h1-5,7H,6H2,(H,16,17). The lowest BCUT2D eigenvalue weighted by Gasteiger charge is -2.03. The molecule has 2 rings (SSSR count). The highest BCUT2D eigenvalue weighted by atomic mass is 19.1. The maximum Gasteiger partial charge on any atom is 0.307 e. The van der Waals surface area contributed by atoms with Gasteiger partial charge >= 0.3 is 5.97 Å². The summed E-state index contributed by atoms with van der Waals surface area (Å²) in [6, 6.07) is 6.11. The van der Waals surface area contributed by atoms with Gasteiger partial charge in [-0.05, 0) is 29.8 Å². The van der Waals surface area contributed by atoms with Gasteiger partial charge < -0.3 is 5.11 Å². The molecule has 0 fully saturated rings. The molecule has 4 nitrogen and oxygen atoms in total. The average Bonchev–Trinajstić information content (AvgIpc) is 2.28. The highest BCUT2D eigenvalue weighted by Crippen LogP contribution is 2.18. The van der Waals surface area contributed by atoms with Crippen molar-refractivity contribution in [2.75, 3.05) is 0 Å². The van der Waals surface area contributed by atoms with Gasteiger partial charge in [0.15, 0.2) is 0 Å². The molecule has 0 bridgehead atoms. The molecule has 0 saturated heterocycles. The van der Waals surface area contributed by atoms with Crippen LogP contribution in [-0.2, 0) is 11.2 Å². The Balaban J connectivity index is 2.42. The van der Waals surface area contributed by atoms with Gasteiger partial charge in [-0.1, -0.05) is 0 Å². The number of aliphatic carboxylic acids is 1. The topological polar surface area (TPSA) is 63.1 Å². The quantitative estimate of drug-likeness (QED) is 0.821. The molecule has 0 unspecified atom stereocenters. The van der Waals surface area contributed by atoms with E-state index in [9.17, 15) is 9.18 Å². The van der Waals surface area contributed by atoms with Crippen molar-refractivity contribution in [3.63, 3.8) is 0 Å². The molecule has 2 aromatic heterocycles. The maximum atomic E-state index is 13.2. The van der Waals surface area contributed by atoms with Crippen molar-refractivity contribution < 1.29 is 14.3 Å². The summed E-state index contributed by atoms with van der Waals surface area (Å²) in [5.74, 6) is -1.70. The number of aromatic nitrogens is 2. The van der Waals surface area contributed by atoms with E-state index in [-0.39, 0.29) is 6.42 Å². The zero-order valence-corrected chi connectivity index (χ0v) is 8.80. The fourth-order valence-corrected chi connectivity index (χ4v) is 1.49. The first-order chi connectivity index (χ1) is 8.15. The van der Waals surface area contributed by atoms with Crippen LogP contribution in [0.2, 0.25) is 0 Å². The van der Waals surface area contributed by atoms with Crippen molar-refractivity contribution in [1.82, 2.24) is 9.97 Å². The van der Waals surface area contributed by atoms with Gasteiger partial charge in [0.25, 0.3) is 0 Å². The highest BCUT2D eigenvalue weighted by Gasteiger charge is 2.07. The summed E-state index contributed by atoms with van der Waals surface area (Å²) >= 11 is 0. The molecule has 2 aromatic rings. The Bertz CT molecular complexity index is 543. The Kier molecular flexibility index (Phi) is 3.09. The van der Waals surface area contributed by atoms with Crippen molar-refractivity contribution in [3.05, 3.63) is 48.2 Å². The van der Waals surface area contributed by atoms with Crippen LogP contribution in [0, 0.1) is 5.95 Å². The van der Waals surface area contributed by atoms with Crippen molar-refractivity contribution in [2.45, 2.75) is 6.42 Å². The molecule has 0 aliphatic heterocycles. The van der Waals surface area contributed by atoms with Crippen molar-refractivity contribution >= 4 is 5.97 Å². The van der Waals surface area contributed by atoms with E-state index < -0.39 is 11.9 Å². The van der Waals surface area contributed by atoms with Gasteiger partial charge in [-0.15, -0.1) is 0 Å². The smallest absolute Gasteiger partial charge is 0.307 e. The van der Waals surface area contributed by atoms with Crippen LogP contribution in [0.25, 0.3) is 11.3 Å². The minimum absolute atomic E-state index is 0.229. The second-order valence-corrected chi connectivity index (χ2v) is 3.50. The van der Waals surface area contributed by atoms with Crippen LogP contribution in [0.5, 0.6) is 0 Å². The van der Waals surface area contributed by atoms with E-state index in [0.717, 1.165) is 6.07 Å². The Labute approximate surface area is 96.8 Å². The molecule has 2 heterocycles. The molecule has 0 aliphatic rings. The number of pyridine rings is 2. The molecule has 86 valence electrons. The predicted octanol–water partition coefficient (Wildman–Crippen LogP) is 1.91. The molecule has 0 radical (unpaired) electrons. The van der Waals surface area contributed by atoms with Crippen LogP contribution in [-0.4, -0.2) is 21.0 Å². The zero-order valence-electron chi connectivity index (χ0n) is 8.80. The third-order valence-corrected chi connectivity index (χ3v) is 2.17. The molecule has 1 N–H and O–H groups in total. The Hall–Kier alpha value is -2.30. The van der Waals surface area contributed by atoms with E-state index in [4.69, 9.17) is 5.11 Å². The Morgan fingerprint density at radius 1 is 1.41 bits per heavy atom. The fourth-order valence-electron chi connectivity index (χ4n) is 1.49. The van der Waals surface area contributed by atoms with Crippen LogP contribution < -0.4 is 0 Å². The van der Waals surface area contributed by atoms with E-state index in [0.29, 0.717) is 16.8 Å². The van der Waals surface area contributed by atoms with Crippen LogP contribution in [0.3, 0.4) is 0 Å². The van der Waals surface area contributed by atoms with Crippen LogP contribution in [0.1, 0.15) is 5.56 Å². The molecule has 17 heavy (non-hydrogen) atoms. The first-order valence-electron chi connectivity index (χ1n) is 4.94. The molecular formula is C12H9FN2O2. The van der Waals surface area contributed by atoms with Gasteiger partial charge in [0.1, 0.15) is 0 Å². The molecule has 0 atom stereocenters. The number of carboxylic acid groups (broad SMARTS) is 1. The van der Waals surface area contributed by atoms with Gasteiger partial charge in [0.2, 0.25) is 5.95 Å². The summed E-state index contributed by atoms with van der Waals surface area (Å²) in [4.78, 5) is 18.2. The Morgan fingerprint density at radius 3 is 2.88 bits per heavy atom. The summed E-state index contributed by atoms with van der Waals surface area (Å²) in [5, 5.41) is 8.66. The van der Waals surface area contributed by atoms with Gasteiger partial charge in [-0.25, -0.2) is 4.98 Å². The summed E-state index contributed by atoms with van der Waals surface area (Å²) in [6.07, 6.45) is 2.92. The average molecular weight is 232 g/mol. The first kappa shape index (κ1) is 11.2. The third-order valence-electron chi connectivity index (χ3n) is 2.17. The fraction of sp³-hybridized carbons (Fsp3) is 0.0833. The van der Waals surface area contributed by atoms with Gasteiger partial charge in [0, 0.05) is 18.0 Å². The SMILES string of the molecule is O=C(O)Cc1cc(F)nc(-c2cccnc2)c1. The second-order valence-electron chi connectivity index (χ2n) is 3.50. The van der Waals surface area contributed by atoms with Crippen molar-refractivity contribution in [1.29, 1.82) is 0 Å². The summed E-state index contributed by atoms with van der Waals surface area (Å²) in [5.41, 5.74) is 1.41. The largest absolute Gasteiger partial charge is 0.481 e. The molecule has 0 aromatic carbocycles. The lowest BCUT2D eigenvalue weighted by molar-refractivity contribution is -0.136. The number of halogens is 1. The van der Waals surface area contributed by atoms with Crippen molar-refractivity contribution in [2.24, 2.45) is 0 Å². The number of hydrogen-bond acceptors (Lipinski definition) is 3. The molecule has 0 amide bonds. The summed E-state index contributed by atoms with van der Waals surface area (Å²) in [7, 11) is 0. The summed E-state index contributed by atoms with van der Waals surface area (Å²) in [6.45, 7) is 0. The lowest BCUT2D eigenvalue weighted by Crippen LogP contribution is -2.02. The molecule has 5 heteroatoms. The van der Waals surface area contributed by atoms with E-state index in [1.165, 1.54) is 0 Å². The molecule has 0 saturated carbocycles.